The van der Waals surface area contributed by atoms with Crippen LogP contribution in [0.5, 0.6) is 0 Å². The van der Waals surface area contributed by atoms with Crippen LogP contribution in [0.3, 0.4) is 0 Å². The van der Waals surface area contributed by atoms with Gasteiger partial charge in [-0.3, -0.25) is 4.98 Å². The summed E-state index contributed by atoms with van der Waals surface area (Å²) >= 11 is 0. The van der Waals surface area contributed by atoms with Crippen molar-refractivity contribution < 1.29 is 0 Å². The molecule has 1 nitrogen and oxygen atoms in total. The van der Waals surface area contributed by atoms with Crippen LogP contribution in [0.4, 0.5) is 0 Å². The molecule has 0 spiro atoms. The van der Waals surface area contributed by atoms with Crippen molar-refractivity contribution in [3.63, 3.8) is 0 Å². The highest BCUT2D eigenvalue weighted by Gasteiger charge is 2.04. The van der Waals surface area contributed by atoms with Crippen LogP contribution in [0.15, 0.2) is 79.1 Å². The maximum atomic E-state index is 4.18. The molecule has 0 aliphatic carbocycles. The maximum Gasteiger partial charge on any atom is 0.0299 e. The van der Waals surface area contributed by atoms with E-state index in [-0.39, 0.29) is 0 Å². The minimum Gasteiger partial charge on any atom is -0.264 e. The zero-order valence-corrected chi connectivity index (χ0v) is 11.4. The molecule has 1 heterocycles. The lowest BCUT2D eigenvalue weighted by Gasteiger charge is -2.09. The van der Waals surface area contributed by atoms with Crippen LogP contribution in [0.2, 0.25) is 0 Å². The predicted molar refractivity (Wildman–Crippen MR) is 83.5 cm³/mol. The van der Waals surface area contributed by atoms with Crippen molar-refractivity contribution in [2.75, 3.05) is 0 Å². The highest BCUT2D eigenvalue weighted by atomic mass is 14.6. The normalized spacial score (nSPS) is 10.4. The Morgan fingerprint density at radius 2 is 1.50 bits per heavy atom. The standard InChI is InChI=1S/C19H17N/c1-2-8-17(9-3-1)19-11-5-4-10-18(19)13-12-16-7-6-14-20-15-16/h1-11,14-15H,12-13H2. The smallest absolute Gasteiger partial charge is 0.0299 e. The second kappa shape index (κ2) is 6.16. The summed E-state index contributed by atoms with van der Waals surface area (Å²) in [6, 6.07) is 23.4. The predicted octanol–water partition coefficient (Wildman–Crippen LogP) is 4.53. The van der Waals surface area contributed by atoms with Crippen LogP contribution < -0.4 is 0 Å². The molecule has 0 saturated carbocycles. The molecular weight excluding hydrogens is 242 g/mol. The molecule has 20 heavy (non-hydrogen) atoms. The van der Waals surface area contributed by atoms with E-state index in [0.29, 0.717) is 0 Å². The zero-order chi connectivity index (χ0) is 13.6. The number of hydrogen-bond donors (Lipinski definition) is 0. The molecule has 0 saturated heterocycles. The Kier molecular flexibility index (Phi) is 3.88. The number of aryl methyl sites for hydroxylation is 2. The first-order valence-electron chi connectivity index (χ1n) is 6.96. The number of pyridine rings is 1. The highest BCUT2D eigenvalue weighted by molar-refractivity contribution is 5.67. The van der Waals surface area contributed by atoms with E-state index in [1.165, 1.54) is 22.3 Å². The molecule has 3 aromatic rings. The first-order chi connectivity index (χ1) is 9.93. The molecular formula is C19H17N. The van der Waals surface area contributed by atoms with Gasteiger partial charge in [0.25, 0.3) is 0 Å². The SMILES string of the molecule is c1ccc(-c2ccccc2CCc2cccnc2)cc1. The summed E-state index contributed by atoms with van der Waals surface area (Å²) < 4.78 is 0. The fourth-order valence-corrected chi connectivity index (χ4v) is 2.46. The van der Waals surface area contributed by atoms with E-state index in [1.54, 1.807) is 0 Å². The highest BCUT2D eigenvalue weighted by Crippen LogP contribution is 2.24. The van der Waals surface area contributed by atoms with E-state index in [9.17, 15) is 0 Å². The Morgan fingerprint density at radius 3 is 2.30 bits per heavy atom. The van der Waals surface area contributed by atoms with Gasteiger partial charge in [0.2, 0.25) is 0 Å². The fourth-order valence-electron chi connectivity index (χ4n) is 2.46. The van der Waals surface area contributed by atoms with Crippen molar-refractivity contribution in [1.82, 2.24) is 4.98 Å². The van der Waals surface area contributed by atoms with Gasteiger partial charge in [0.05, 0.1) is 0 Å². The number of rotatable bonds is 4. The molecule has 3 rings (SSSR count). The van der Waals surface area contributed by atoms with Crippen molar-refractivity contribution in [2.45, 2.75) is 12.8 Å². The van der Waals surface area contributed by atoms with Gasteiger partial charge in [-0.25, -0.2) is 0 Å². The Hall–Kier alpha value is -2.41. The van der Waals surface area contributed by atoms with Crippen molar-refractivity contribution in [2.24, 2.45) is 0 Å². The van der Waals surface area contributed by atoms with Crippen molar-refractivity contribution in [3.05, 3.63) is 90.3 Å². The summed E-state index contributed by atoms with van der Waals surface area (Å²) in [5, 5.41) is 0. The molecule has 0 aliphatic heterocycles. The Balaban J connectivity index is 1.84. The number of hydrogen-bond acceptors (Lipinski definition) is 1. The molecule has 0 atom stereocenters. The first-order valence-corrected chi connectivity index (χ1v) is 6.96. The van der Waals surface area contributed by atoms with Gasteiger partial charge in [-0.15, -0.1) is 0 Å². The van der Waals surface area contributed by atoms with Crippen LogP contribution in [0.1, 0.15) is 11.1 Å². The van der Waals surface area contributed by atoms with Crippen molar-refractivity contribution in [3.8, 4) is 11.1 Å². The van der Waals surface area contributed by atoms with Crippen LogP contribution in [-0.2, 0) is 12.8 Å². The van der Waals surface area contributed by atoms with Crippen molar-refractivity contribution in [1.29, 1.82) is 0 Å². The zero-order valence-electron chi connectivity index (χ0n) is 11.4. The summed E-state index contributed by atoms with van der Waals surface area (Å²) in [6.07, 6.45) is 5.83. The van der Waals surface area contributed by atoms with Gasteiger partial charge in [0.1, 0.15) is 0 Å². The third-order valence-electron chi connectivity index (χ3n) is 3.51. The number of benzene rings is 2. The van der Waals surface area contributed by atoms with E-state index in [4.69, 9.17) is 0 Å². The quantitative estimate of drug-likeness (QED) is 0.670. The Bertz CT molecular complexity index is 660. The lowest BCUT2D eigenvalue weighted by molar-refractivity contribution is 0.952. The molecule has 0 amide bonds. The molecule has 0 radical (unpaired) electrons. The molecule has 2 aromatic carbocycles. The van der Waals surface area contributed by atoms with Crippen LogP contribution in [0, 0.1) is 0 Å². The second-order valence-electron chi connectivity index (χ2n) is 4.88. The van der Waals surface area contributed by atoms with Gasteiger partial charge >= 0.3 is 0 Å². The molecule has 1 heteroatoms. The number of nitrogens with zero attached hydrogens (tertiary/aromatic N) is 1. The molecule has 1 aromatic heterocycles. The van der Waals surface area contributed by atoms with Crippen LogP contribution in [0.25, 0.3) is 11.1 Å². The minimum atomic E-state index is 1.03. The average Bonchev–Trinajstić information content (AvgIpc) is 2.55. The third kappa shape index (κ3) is 2.94. The third-order valence-corrected chi connectivity index (χ3v) is 3.51. The van der Waals surface area contributed by atoms with E-state index in [1.807, 2.05) is 18.5 Å². The fraction of sp³-hybridized carbons (Fsp3) is 0.105. The van der Waals surface area contributed by atoms with Gasteiger partial charge < -0.3 is 0 Å². The van der Waals surface area contributed by atoms with E-state index >= 15 is 0 Å². The van der Waals surface area contributed by atoms with Crippen LogP contribution >= 0.6 is 0 Å². The molecule has 0 N–H and O–H groups in total. The van der Waals surface area contributed by atoms with Gasteiger partial charge in [-0.05, 0) is 41.2 Å². The number of aromatic nitrogens is 1. The van der Waals surface area contributed by atoms with Gasteiger partial charge in [0, 0.05) is 12.4 Å². The summed E-state index contributed by atoms with van der Waals surface area (Å²) in [5.74, 6) is 0. The summed E-state index contributed by atoms with van der Waals surface area (Å²) in [7, 11) is 0. The summed E-state index contributed by atoms with van der Waals surface area (Å²) in [6.45, 7) is 0. The molecule has 0 aliphatic rings. The van der Waals surface area contributed by atoms with E-state index in [0.717, 1.165) is 12.8 Å². The minimum absolute atomic E-state index is 1.03. The second-order valence-corrected chi connectivity index (χ2v) is 4.88. The van der Waals surface area contributed by atoms with Gasteiger partial charge in [-0.2, -0.15) is 0 Å². The summed E-state index contributed by atoms with van der Waals surface area (Å²) in [4.78, 5) is 4.18. The van der Waals surface area contributed by atoms with E-state index in [2.05, 4.69) is 65.6 Å². The van der Waals surface area contributed by atoms with E-state index < -0.39 is 0 Å². The lowest BCUT2D eigenvalue weighted by Crippen LogP contribution is -1.94. The average molecular weight is 259 g/mol. The maximum absolute atomic E-state index is 4.18. The first kappa shape index (κ1) is 12.6. The Morgan fingerprint density at radius 1 is 0.700 bits per heavy atom. The molecule has 98 valence electrons. The monoisotopic (exact) mass is 259 g/mol. The summed E-state index contributed by atoms with van der Waals surface area (Å²) in [5.41, 5.74) is 5.30. The molecule has 0 fully saturated rings. The lowest BCUT2D eigenvalue weighted by atomic mass is 9.95. The van der Waals surface area contributed by atoms with Gasteiger partial charge in [-0.1, -0.05) is 60.7 Å². The topological polar surface area (TPSA) is 12.9 Å². The van der Waals surface area contributed by atoms with Gasteiger partial charge in [0.15, 0.2) is 0 Å². The molecule has 0 bridgehead atoms. The Labute approximate surface area is 119 Å². The van der Waals surface area contributed by atoms with Crippen molar-refractivity contribution >= 4 is 0 Å². The van der Waals surface area contributed by atoms with Crippen LogP contribution in [-0.4, -0.2) is 4.98 Å². The largest absolute Gasteiger partial charge is 0.264 e. The molecule has 0 unspecified atom stereocenters.